The van der Waals surface area contributed by atoms with Crippen LogP contribution in [0.15, 0.2) is 48.5 Å². The van der Waals surface area contributed by atoms with Gasteiger partial charge in [0.05, 0.1) is 26.0 Å². The first-order chi connectivity index (χ1) is 16.5. The quantitative estimate of drug-likeness (QED) is 0.543. The second-order valence-corrected chi connectivity index (χ2v) is 8.70. The van der Waals surface area contributed by atoms with E-state index >= 15 is 0 Å². The summed E-state index contributed by atoms with van der Waals surface area (Å²) in [6.07, 6.45) is 2.44. The van der Waals surface area contributed by atoms with Gasteiger partial charge >= 0.3 is 5.97 Å². The van der Waals surface area contributed by atoms with E-state index in [2.05, 4.69) is 5.10 Å². The second kappa shape index (κ2) is 8.61. The number of esters is 1. The zero-order chi connectivity index (χ0) is 23.9. The van der Waals surface area contributed by atoms with Gasteiger partial charge < -0.3 is 19.5 Å². The summed E-state index contributed by atoms with van der Waals surface area (Å²) < 4.78 is 12.0. The second-order valence-electron chi connectivity index (χ2n) is 8.70. The standard InChI is InChI=1S/C26H27N3O5/c1-3-34-25(32)22-21-12-15-28(18-6-4-17(5-7-18)26(16-30)13-14-26)24(31)23(21)29(27-22)19-8-10-20(33-2)11-9-19/h4-11,30H,3,12-16H2,1-2H3. The molecule has 0 atom stereocenters. The topological polar surface area (TPSA) is 93.9 Å². The number of rotatable bonds is 7. The summed E-state index contributed by atoms with van der Waals surface area (Å²) in [6.45, 7) is 2.53. The summed E-state index contributed by atoms with van der Waals surface area (Å²) in [7, 11) is 1.59. The van der Waals surface area contributed by atoms with E-state index in [1.54, 1.807) is 43.2 Å². The van der Waals surface area contributed by atoms with Crippen molar-refractivity contribution in [2.75, 3.05) is 31.8 Å². The van der Waals surface area contributed by atoms with Gasteiger partial charge in [-0.1, -0.05) is 12.1 Å². The molecule has 1 amide bonds. The average molecular weight is 462 g/mol. The Morgan fingerprint density at radius 1 is 1.09 bits per heavy atom. The normalized spacial score (nSPS) is 16.2. The minimum atomic E-state index is -0.532. The van der Waals surface area contributed by atoms with Gasteiger partial charge in [0.1, 0.15) is 11.4 Å². The number of carbonyl (C=O) groups excluding carboxylic acids is 2. The molecule has 0 saturated heterocycles. The number of methoxy groups -OCH3 is 1. The van der Waals surface area contributed by atoms with Gasteiger partial charge in [0, 0.05) is 23.2 Å². The molecule has 0 radical (unpaired) electrons. The summed E-state index contributed by atoms with van der Waals surface area (Å²) in [4.78, 5) is 28.1. The molecule has 2 aliphatic rings. The molecular weight excluding hydrogens is 434 g/mol. The van der Waals surface area contributed by atoms with Gasteiger partial charge in [0.2, 0.25) is 0 Å². The predicted molar refractivity (Wildman–Crippen MR) is 126 cm³/mol. The van der Waals surface area contributed by atoms with E-state index in [1.807, 2.05) is 24.3 Å². The van der Waals surface area contributed by atoms with Crippen LogP contribution in [0, 0.1) is 0 Å². The van der Waals surface area contributed by atoms with E-state index in [4.69, 9.17) is 9.47 Å². The van der Waals surface area contributed by atoms with Crippen molar-refractivity contribution in [3.63, 3.8) is 0 Å². The number of aromatic nitrogens is 2. The van der Waals surface area contributed by atoms with Crippen LogP contribution in [0.5, 0.6) is 5.75 Å². The average Bonchev–Trinajstić information content (AvgIpc) is 3.58. The molecule has 1 saturated carbocycles. The maximum Gasteiger partial charge on any atom is 0.359 e. The highest BCUT2D eigenvalue weighted by Crippen LogP contribution is 2.48. The Morgan fingerprint density at radius 2 is 1.76 bits per heavy atom. The number of aliphatic hydroxyl groups is 1. The molecule has 2 heterocycles. The zero-order valence-electron chi connectivity index (χ0n) is 19.3. The van der Waals surface area contributed by atoms with Gasteiger partial charge in [-0.25, -0.2) is 9.48 Å². The zero-order valence-corrected chi connectivity index (χ0v) is 19.3. The van der Waals surface area contributed by atoms with Crippen molar-refractivity contribution in [3.8, 4) is 11.4 Å². The Kier molecular flexibility index (Phi) is 5.61. The van der Waals surface area contributed by atoms with E-state index < -0.39 is 5.97 Å². The van der Waals surface area contributed by atoms with Gasteiger partial charge in [-0.2, -0.15) is 5.10 Å². The van der Waals surface area contributed by atoms with Crippen molar-refractivity contribution in [3.05, 3.63) is 71.0 Å². The molecule has 1 aromatic heterocycles. The first-order valence-electron chi connectivity index (χ1n) is 11.5. The Bertz CT molecular complexity index is 1230. The maximum absolute atomic E-state index is 13.7. The van der Waals surface area contributed by atoms with Crippen molar-refractivity contribution in [2.45, 2.75) is 31.6 Å². The van der Waals surface area contributed by atoms with Crippen LogP contribution in [0.1, 0.15) is 51.9 Å². The number of carbonyl (C=O) groups is 2. The SMILES string of the molecule is CCOC(=O)c1nn(-c2ccc(OC)cc2)c2c1CCN(c1ccc(C3(CO)CC3)cc1)C2=O. The van der Waals surface area contributed by atoms with E-state index in [0.29, 0.717) is 35.7 Å². The van der Waals surface area contributed by atoms with Crippen LogP contribution in [0.25, 0.3) is 5.69 Å². The van der Waals surface area contributed by atoms with Gasteiger partial charge in [-0.05, 0) is 68.1 Å². The van der Waals surface area contributed by atoms with Crippen molar-refractivity contribution < 1.29 is 24.2 Å². The van der Waals surface area contributed by atoms with Crippen LogP contribution >= 0.6 is 0 Å². The van der Waals surface area contributed by atoms with E-state index in [-0.39, 0.29) is 30.2 Å². The molecule has 1 fully saturated rings. The van der Waals surface area contributed by atoms with Gasteiger partial charge in [0.15, 0.2) is 5.69 Å². The predicted octanol–water partition coefficient (Wildman–Crippen LogP) is 3.28. The highest BCUT2D eigenvalue weighted by Gasteiger charge is 2.43. The van der Waals surface area contributed by atoms with Crippen LogP contribution in [0.4, 0.5) is 5.69 Å². The number of fused-ring (bicyclic) bond motifs is 1. The molecule has 8 nitrogen and oxygen atoms in total. The van der Waals surface area contributed by atoms with Crippen LogP contribution in [-0.4, -0.2) is 53.6 Å². The first-order valence-corrected chi connectivity index (χ1v) is 11.5. The molecule has 2 aromatic carbocycles. The molecule has 0 bridgehead atoms. The smallest absolute Gasteiger partial charge is 0.359 e. The molecular formula is C26H27N3O5. The number of anilines is 1. The fourth-order valence-corrected chi connectivity index (χ4v) is 4.56. The van der Waals surface area contributed by atoms with Crippen LogP contribution in [-0.2, 0) is 16.6 Å². The molecule has 3 aromatic rings. The van der Waals surface area contributed by atoms with E-state index in [1.165, 1.54) is 4.68 Å². The van der Waals surface area contributed by atoms with E-state index in [0.717, 1.165) is 24.1 Å². The third-order valence-electron chi connectivity index (χ3n) is 6.75. The summed E-state index contributed by atoms with van der Waals surface area (Å²) >= 11 is 0. The fraction of sp³-hybridized carbons (Fsp3) is 0.346. The molecule has 0 spiro atoms. The van der Waals surface area contributed by atoms with Gasteiger partial charge in [-0.3, -0.25) is 4.79 Å². The van der Waals surface area contributed by atoms with Crippen LogP contribution in [0.3, 0.4) is 0 Å². The molecule has 176 valence electrons. The minimum Gasteiger partial charge on any atom is -0.497 e. The maximum atomic E-state index is 13.7. The van der Waals surface area contributed by atoms with Crippen molar-refractivity contribution in [1.29, 1.82) is 0 Å². The number of ether oxygens (including phenoxy) is 2. The Balaban J connectivity index is 1.53. The number of nitrogens with zero attached hydrogens (tertiary/aromatic N) is 3. The molecule has 1 N–H and O–H groups in total. The first kappa shape index (κ1) is 22.2. The Hall–Kier alpha value is -3.65. The number of amides is 1. The number of hydrogen-bond donors (Lipinski definition) is 1. The lowest BCUT2D eigenvalue weighted by Crippen LogP contribution is -2.39. The molecule has 0 unspecified atom stereocenters. The highest BCUT2D eigenvalue weighted by atomic mass is 16.5. The summed E-state index contributed by atoms with van der Waals surface area (Å²) in [5.41, 5.74) is 3.53. The summed E-state index contributed by atoms with van der Waals surface area (Å²) in [5, 5.41) is 14.2. The molecule has 5 rings (SSSR count). The Labute approximate surface area is 197 Å². The van der Waals surface area contributed by atoms with E-state index in [9.17, 15) is 14.7 Å². The monoisotopic (exact) mass is 461 g/mol. The lowest BCUT2D eigenvalue weighted by molar-refractivity contribution is 0.0517. The largest absolute Gasteiger partial charge is 0.497 e. The minimum absolute atomic E-state index is 0.126. The lowest BCUT2D eigenvalue weighted by atomic mass is 9.96. The summed E-state index contributed by atoms with van der Waals surface area (Å²) in [5.74, 6) is -0.0775. The lowest BCUT2D eigenvalue weighted by Gasteiger charge is -2.28. The molecule has 1 aliphatic heterocycles. The molecule has 34 heavy (non-hydrogen) atoms. The third-order valence-corrected chi connectivity index (χ3v) is 6.75. The van der Waals surface area contributed by atoms with Crippen molar-refractivity contribution in [1.82, 2.24) is 9.78 Å². The Morgan fingerprint density at radius 3 is 2.35 bits per heavy atom. The van der Waals surface area contributed by atoms with Crippen molar-refractivity contribution >= 4 is 17.6 Å². The summed E-state index contributed by atoms with van der Waals surface area (Å²) in [6, 6.07) is 15.0. The number of benzene rings is 2. The van der Waals surface area contributed by atoms with Crippen LogP contribution < -0.4 is 9.64 Å². The molecule has 1 aliphatic carbocycles. The van der Waals surface area contributed by atoms with Gasteiger partial charge in [-0.15, -0.1) is 0 Å². The number of hydrogen-bond acceptors (Lipinski definition) is 6. The van der Waals surface area contributed by atoms with Crippen molar-refractivity contribution in [2.24, 2.45) is 0 Å². The van der Waals surface area contributed by atoms with Crippen LogP contribution in [0.2, 0.25) is 0 Å². The molecule has 8 heteroatoms. The fourth-order valence-electron chi connectivity index (χ4n) is 4.56. The highest BCUT2D eigenvalue weighted by molar-refractivity contribution is 6.09. The number of aliphatic hydroxyl groups excluding tert-OH is 1. The third kappa shape index (κ3) is 3.64. The van der Waals surface area contributed by atoms with Gasteiger partial charge in [0.25, 0.3) is 5.91 Å².